The van der Waals surface area contributed by atoms with Gasteiger partial charge in [-0.25, -0.2) is 4.79 Å². The Labute approximate surface area is 111 Å². The van der Waals surface area contributed by atoms with Crippen molar-refractivity contribution in [1.82, 2.24) is 0 Å². The second-order valence-corrected chi connectivity index (χ2v) is 3.88. The Morgan fingerprint density at radius 2 is 2.20 bits per heavy atom. The molecule has 0 aromatic heterocycles. The predicted molar refractivity (Wildman–Crippen MR) is 63.3 cm³/mol. The van der Waals surface area contributed by atoms with Crippen molar-refractivity contribution in [2.45, 2.75) is 13.0 Å². The summed E-state index contributed by atoms with van der Waals surface area (Å²) in [6.07, 6.45) is -3.00. The Hall–Kier alpha value is -2.51. The Bertz CT molecular complexity index is 612. The number of ether oxygens (including phenoxy) is 2. The van der Waals surface area contributed by atoms with Crippen molar-refractivity contribution in [3.05, 3.63) is 39.4 Å². The number of carbonyl (C=O) groups excluding carboxylic acids is 1. The molecule has 0 amide bonds. The highest BCUT2D eigenvalue weighted by atomic mass is 19.3. The summed E-state index contributed by atoms with van der Waals surface area (Å²) in [5.41, 5.74) is -1.27. The topological polar surface area (TPSA) is 78.7 Å². The molecule has 0 atom stereocenters. The Morgan fingerprint density at radius 1 is 1.50 bits per heavy atom. The van der Waals surface area contributed by atoms with E-state index in [4.69, 9.17) is 0 Å². The third kappa shape index (κ3) is 2.44. The number of esters is 1. The van der Waals surface area contributed by atoms with E-state index in [9.17, 15) is 23.7 Å². The third-order valence-corrected chi connectivity index (χ3v) is 2.55. The first-order valence-electron chi connectivity index (χ1n) is 5.59. The van der Waals surface area contributed by atoms with Crippen LogP contribution in [-0.2, 0) is 9.53 Å². The number of nitro benzene ring substituents is 1. The zero-order chi connectivity index (χ0) is 14.9. The van der Waals surface area contributed by atoms with Crippen LogP contribution in [0.1, 0.15) is 12.5 Å². The quantitative estimate of drug-likeness (QED) is 0.484. The molecule has 0 bridgehead atoms. The summed E-state index contributed by atoms with van der Waals surface area (Å²) in [5.74, 6) is -1.47. The van der Waals surface area contributed by atoms with Gasteiger partial charge in [0.2, 0.25) is 0 Å². The van der Waals surface area contributed by atoms with Gasteiger partial charge in [-0.15, -0.1) is 0 Å². The molecule has 106 valence electrons. The second-order valence-electron chi connectivity index (χ2n) is 3.88. The molecule has 1 aromatic rings. The van der Waals surface area contributed by atoms with E-state index in [-0.39, 0.29) is 23.6 Å². The molecular weight excluding hydrogens is 276 g/mol. The van der Waals surface area contributed by atoms with Crippen molar-refractivity contribution in [3.63, 3.8) is 0 Å². The molecule has 20 heavy (non-hydrogen) atoms. The molecule has 0 saturated carbocycles. The molecule has 1 heterocycles. The van der Waals surface area contributed by atoms with Gasteiger partial charge in [-0.05, 0) is 19.1 Å². The maximum Gasteiger partial charge on any atom is 0.433 e. The fourth-order valence-electron chi connectivity index (χ4n) is 1.67. The van der Waals surface area contributed by atoms with Crippen LogP contribution in [0.3, 0.4) is 0 Å². The number of nitro groups is 1. The van der Waals surface area contributed by atoms with Crippen molar-refractivity contribution >= 4 is 17.7 Å². The standard InChI is InChI=1S/C12H9F2NO5/c1-2-19-11(16)9-6-7-5-8(15(17)18)3-4-10(7)20-12(9,13)14/h3-6H,2H2,1H3. The van der Waals surface area contributed by atoms with Crippen LogP contribution in [0.2, 0.25) is 0 Å². The molecule has 8 heteroatoms. The minimum absolute atomic E-state index is 0.0215. The lowest BCUT2D eigenvalue weighted by Crippen LogP contribution is -2.34. The average Bonchev–Trinajstić information content (AvgIpc) is 2.36. The van der Waals surface area contributed by atoms with Crippen molar-refractivity contribution in [2.24, 2.45) is 0 Å². The minimum Gasteiger partial charge on any atom is -0.462 e. The van der Waals surface area contributed by atoms with E-state index in [0.29, 0.717) is 0 Å². The van der Waals surface area contributed by atoms with Crippen molar-refractivity contribution in [3.8, 4) is 5.75 Å². The molecule has 6 nitrogen and oxygen atoms in total. The van der Waals surface area contributed by atoms with Gasteiger partial charge in [-0.2, -0.15) is 8.78 Å². The lowest BCUT2D eigenvalue weighted by atomic mass is 10.1. The fraction of sp³-hybridized carbons (Fsp3) is 0.250. The summed E-state index contributed by atoms with van der Waals surface area (Å²) in [6, 6.07) is 3.14. The summed E-state index contributed by atoms with van der Waals surface area (Å²) < 4.78 is 36.2. The average molecular weight is 285 g/mol. The molecule has 0 unspecified atom stereocenters. The maximum absolute atomic E-state index is 13.7. The first-order valence-corrected chi connectivity index (χ1v) is 5.59. The first-order chi connectivity index (χ1) is 9.35. The molecule has 0 aliphatic carbocycles. The van der Waals surface area contributed by atoms with E-state index in [1.807, 2.05) is 0 Å². The van der Waals surface area contributed by atoms with Crippen LogP contribution < -0.4 is 4.74 Å². The number of non-ortho nitro benzene ring substituents is 1. The van der Waals surface area contributed by atoms with E-state index in [1.165, 1.54) is 6.92 Å². The number of fused-ring (bicyclic) bond motifs is 1. The summed E-state index contributed by atoms with van der Waals surface area (Å²) in [6.45, 7) is 1.40. The van der Waals surface area contributed by atoms with Gasteiger partial charge >= 0.3 is 12.1 Å². The van der Waals surface area contributed by atoms with Crippen molar-refractivity contribution < 1.29 is 28.0 Å². The van der Waals surface area contributed by atoms with E-state index < -0.39 is 22.6 Å². The lowest BCUT2D eigenvalue weighted by Gasteiger charge is -2.24. The molecule has 1 aromatic carbocycles. The van der Waals surface area contributed by atoms with Gasteiger partial charge in [0.15, 0.2) is 0 Å². The Balaban J connectivity index is 2.49. The molecule has 0 fully saturated rings. The van der Waals surface area contributed by atoms with Crippen molar-refractivity contribution in [2.75, 3.05) is 6.61 Å². The Kier molecular flexibility index (Phi) is 3.39. The van der Waals surface area contributed by atoms with E-state index in [0.717, 1.165) is 24.3 Å². The van der Waals surface area contributed by atoms with Crippen LogP contribution in [-0.4, -0.2) is 23.6 Å². The highest BCUT2D eigenvalue weighted by Gasteiger charge is 2.45. The van der Waals surface area contributed by atoms with Crippen LogP contribution in [0, 0.1) is 10.1 Å². The van der Waals surface area contributed by atoms with E-state index in [1.54, 1.807) is 0 Å². The highest BCUT2D eigenvalue weighted by Crippen LogP contribution is 2.39. The van der Waals surface area contributed by atoms with Gasteiger partial charge < -0.3 is 9.47 Å². The van der Waals surface area contributed by atoms with Crippen molar-refractivity contribution in [1.29, 1.82) is 0 Å². The molecule has 0 saturated heterocycles. The molecule has 0 spiro atoms. The monoisotopic (exact) mass is 285 g/mol. The fourth-order valence-corrected chi connectivity index (χ4v) is 1.67. The van der Waals surface area contributed by atoms with Gasteiger partial charge in [0.05, 0.1) is 11.5 Å². The SMILES string of the molecule is CCOC(=O)C1=Cc2cc([N+](=O)[O-])ccc2OC1(F)F. The van der Waals surface area contributed by atoms with Crippen LogP contribution in [0.5, 0.6) is 5.75 Å². The third-order valence-electron chi connectivity index (χ3n) is 2.55. The molecule has 1 aliphatic rings. The predicted octanol–water partition coefficient (Wildman–Crippen LogP) is 2.53. The van der Waals surface area contributed by atoms with Crippen LogP contribution in [0.15, 0.2) is 23.8 Å². The van der Waals surface area contributed by atoms with Gasteiger partial charge in [0.25, 0.3) is 5.69 Å². The number of carbonyl (C=O) groups is 1. The molecular formula is C12H9F2NO5. The number of benzene rings is 1. The molecule has 2 rings (SSSR count). The Morgan fingerprint density at radius 3 is 2.80 bits per heavy atom. The van der Waals surface area contributed by atoms with Gasteiger partial charge in [-0.3, -0.25) is 10.1 Å². The summed E-state index contributed by atoms with van der Waals surface area (Å²) in [5, 5.41) is 10.6. The molecule has 0 radical (unpaired) electrons. The van der Waals surface area contributed by atoms with Crippen LogP contribution in [0.25, 0.3) is 6.08 Å². The number of rotatable bonds is 3. The molecule has 0 N–H and O–H groups in total. The smallest absolute Gasteiger partial charge is 0.433 e. The largest absolute Gasteiger partial charge is 0.462 e. The van der Waals surface area contributed by atoms with E-state index >= 15 is 0 Å². The second kappa shape index (κ2) is 4.87. The van der Waals surface area contributed by atoms with Gasteiger partial charge in [-0.1, -0.05) is 0 Å². The number of alkyl halides is 2. The number of hydrogen-bond acceptors (Lipinski definition) is 5. The maximum atomic E-state index is 13.7. The zero-order valence-corrected chi connectivity index (χ0v) is 10.3. The summed E-state index contributed by atoms with van der Waals surface area (Å²) in [4.78, 5) is 21.4. The summed E-state index contributed by atoms with van der Waals surface area (Å²) >= 11 is 0. The van der Waals surface area contributed by atoms with Crippen LogP contribution in [0.4, 0.5) is 14.5 Å². The number of hydrogen-bond donors (Lipinski definition) is 0. The highest BCUT2D eigenvalue weighted by molar-refractivity contribution is 5.96. The number of nitrogens with zero attached hydrogens (tertiary/aromatic N) is 1. The van der Waals surface area contributed by atoms with E-state index in [2.05, 4.69) is 9.47 Å². The minimum atomic E-state index is -3.84. The normalized spacial score (nSPS) is 15.7. The van der Waals surface area contributed by atoms with Crippen LogP contribution >= 0.6 is 0 Å². The zero-order valence-electron chi connectivity index (χ0n) is 10.3. The summed E-state index contributed by atoms with van der Waals surface area (Å²) in [7, 11) is 0. The molecule has 1 aliphatic heterocycles. The first kappa shape index (κ1) is 13.9. The van der Waals surface area contributed by atoms with Gasteiger partial charge in [0.1, 0.15) is 11.3 Å². The number of halogens is 2. The van der Waals surface area contributed by atoms with Gasteiger partial charge in [0, 0.05) is 17.7 Å². The lowest BCUT2D eigenvalue weighted by molar-refractivity contribution is -0.384.